The number of nitrogens with two attached hydrogens (primary N) is 2. The number of carboxylic acids is 1. The number of phenolic OH excluding ortho intramolecular Hbond substituents is 1. The first-order chi connectivity index (χ1) is 21.1. The normalized spacial score (nSPS) is 13.9. The molecule has 3 rings (SSSR count). The Balaban J connectivity index is 1.81. The quantitative estimate of drug-likeness (QED) is 0.0957. The molecule has 44 heavy (non-hydrogen) atoms. The average Bonchev–Trinajstić information content (AvgIpc) is 3.42. The van der Waals surface area contributed by atoms with E-state index in [-0.39, 0.29) is 25.0 Å². The molecular formula is C31H42N6O6S. The molecule has 4 atom stereocenters. The van der Waals surface area contributed by atoms with Gasteiger partial charge in [0.1, 0.15) is 23.9 Å². The molecule has 1 aromatic heterocycles. The molecule has 0 radical (unpaired) electrons. The highest BCUT2D eigenvalue weighted by molar-refractivity contribution is 7.98. The topological polar surface area (TPSA) is 213 Å². The number of hydrogen-bond donors (Lipinski definition) is 8. The van der Waals surface area contributed by atoms with E-state index in [1.165, 1.54) is 12.1 Å². The van der Waals surface area contributed by atoms with Crippen molar-refractivity contribution in [1.29, 1.82) is 0 Å². The number of amides is 3. The Morgan fingerprint density at radius 1 is 0.864 bits per heavy atom. The molecule has 238 valence electrons. The lowest BCUT2D eigenvalue weighted by Crippen LogP contribution is -2.57. The van der Waals surface area contributed by atoms with E-state index in [0.29, 0.717) is 42.7 Å². The smallest absolute Gasteiger partial charge is 0.326 e. The highest BCUT2D eigenvalue weighted by Crippen LogP contribution is 2.19. The van der Waals surface area contributed by atoms with Gasteiger partial charge < -0.3 is 42.6 Å². The number of hydrogen-bond acceptors (Lipinski definition) is 8. The first kappa shape index (κ1) is 34.4. The molecule has 0 spiro atoms. The van der Waals surface area contributed by atoms with Crippen molar-refractivity contribution in [2.75, 3.05) is 18.6 Å². The second-order valence-electron chi connectivity index (χ2n) is 10.6. The van der Waals surface area contributed by atoms with Crippen molar-refractivity contribution in [1.82, 2.24) is 20.9 Å². The van der Waals surface area contributed by atoms with Gasteiger partial charge in [-0.25, -0.2) is 4.79 Å². The number of aromatic hydroxyl groups is 1. The molecule has 3 amide bonds. The summed E-state index contributed by atoms with van der Waals surface area (Å²) in [6.45, 7) is 0.411. The first-order valence-corrected chi connectivity index (χ1v) is 15.9. The number of carbonyl (C=O) groups excluding carboxylic acids is 3. The highest BCUT2D eigenvalue weighted by Gasteiger charge is 2.31. The predicted octanol–water partition coefficient (Wildman–Crippen LogP) is 1.41. The number of para-hydroxylation sites is 1. The lowest BCUT2D eigenvalue weighted by Gasteiger charge is -2.25. The first-order valence-electron chi connectivity index (χ1n) is 14.5. The van der Waals surface area contributed by atoms with Crippen LogP contribution in [0.5, 0.6) is 5.75 Å². The number of aliphatic carboxylic acids is 1. The maximum Gasteiger partial charge on any atom is 0.326 e. The molecule has 0 aliphatic rings. The fourth-order valence-electron chi connectivity index (χ4n) is 4.76. The van der Waals surface area contributed by atoms with E-state index in [4.69, 9.17) is 11.5 Å². The van der Waals surface area contributed by atoms with Gasteiger partial charge in [-0.15, -0.1) is 0 Å². The van der Waals surface area contributed by atoms with Crippen molar-refractivity contribution in [2.24, 2.45) is 11.5 Å². The second kappa shape index (κ2) is 17.3. The minimum atomic E-state index is -1.28. The van der Waals surface area contributed by atoms with E-state index >= 15 is 0 Å². The van der Waals surface area contributed by atoms with Crippen LogP contribution in [0.4, 0.5) is 0 Å². The third-order valence-electron chi connectivity index (χ3n) is 7.27. The molecule has 2 aromatic carbocycles. The van der Waals surface area contributed by atoms with Gasteiger partial charge in [0.2, 0.25) is 17.7 Å². The monoisotopic (exact) mass is 626 g/mol. The summed E-state index contributed by atoms with van der Waals surface area (Å²) in [5.41, 5.74) is 13.8. The van der Waals surface area contributed by atoms with Crippen LogP contribution in [0.1, 0.15) is 36.8 Å². The van der Waals surface area contributed by atoms with E-state index < -0.39 is 47.9 Å². The van der Waals surface area contributed by atoms with E-state index in [2.05, 4.69) is 20.9 Å². The highest BCUT2D eigenvalue weighted by atomic mass is 32.2. The number of benzene rings is 2. The van der Waals surface area contributed by atoms with E-state index in [1.807, 2.05) is 30.5 Å². The zero-order chi connectivity index (χ0) is 32.1. The van der Waals surface area contributed by atoms with Crippen molar-refractivity contribution < 1.29 is 29.4 Å². The Hall–Kier alpha value is -4.07. The van der Waals surface area contributed by atoms with Crippen LogP contribution < -0.4 is 27.4 Å². The molecule has 3 aromatic rings. The van der Waals surface area contributed by atoms with Gasteiger partial charge in [-0.3, -0.25) is 14.4 Å². The largest absolute Gasteiger partial charge is 0.508 e. The Morgan fingerprint density at radius 3 is 2.20 bits per heavy atom. The summed E-state index contributed by atoms with van der Waals surface area (Å²) < 4.78 is 0. The number of aromatic amines is 1. The second-order valence-corrected chi connectivity index (χ2v) is 11.6. The lowest BCUT2D eigenvalue weighted by molar-refractivity contribution is -0.142. The summed E-state index contributed by atoms with van der Waals surface area (Å²) in [5, 5.41) is 28.6. The molecular weight excluding hydrogens is 584 g/mol. The van der Waals surface area contributed by atoms with Gasteiger partial charge in [-0.05, 0) is 73.6 Å². The molecule has 0 fully saturated rings. The summed E-state index contributed by atoms with van der Waals surface area (Å²) in [5.74, 6) is -2.31. The Labute approximate surface area is 260 Å². The summed E-state index contributed by atoms with van der Waals surface area (Å²) in [7, 11) is 0. The van der Waals surface area contributed by atoms with Crippen molar-refractivity contribution in [3.8, 4) is 5.75 Å². The third kappa shape index (κ3) is 10.3. The van der Waals surface area contributed by atoms with Crippen molar-refractivity contribution in [2.45, 2.75) is 62.7 Å². The summed E-state index contributed by atoms with van der Waals surface area (Å²) >= 11 is 1.55. The molecule has 0 bridgehead atoms. The van der Waals surface area contributed by atoms with Gasteiger partial charge in [-0.1, -0.05) is 30.3 Å². The fraction of sp³-hybridized carbons (Fsp3) is 0.419. The van der Waals surface area contributed by atoms with E-state index in [1.54, 1.807) is 30.1 Å². The molecule has 0 aliphatic heterocycles. The van der Waals surface area contributed by atoms with Crippen LogP contribution in [0.2, 0.25) is 0 Å². The zero-order valence-corrected chi connectivity index (χ0v) is 25.6. The molecule has 1 heterocycles. The minimum Gasteiger partial charge on any atom is -0.508 e. The summed E-state index contributed by atoms with van der Waals surface area (Å²) in [6, 6.07) is 9.30. The molecule has 13 heteroatoms. The molecule has 12 nitrogen and oxygen atoms in total. The molecule has 0 saturated heterocycles. The van der Waals surface area contributed by atoms with Crippen LogP contribution in [0.25, 0.3) is 10.9 Å². The number of unbranched alkanes of at least 4 members (excludes halogenated alkanes) is 1. The van der Waals surface area contributed by atoms with Gasteiger partial charge in [0.15, 0.2) is 0 Å². The molecule has 0 aliphatic carbocycles. The van der Waals surface area contributed by atoms with Crippen LogP contribution in [0.15, 0.2) is 54.7 Å². The summed E-state index contributed by atoms with van der Waals surface area (Å²) in [4.78, 5) is 55.3. The number of carbonyl (C=O) groups is 4. The van der Waals surface area contributed by atoms with E-state index in [0.717, 1.165) is 10.9 Å². The molecule has 0 saturated carbocycles. The minimum absolute atomic E-state index is 0.00792. The predicted molar refractivity (Wildman–Crippen MR) is 171 cm³/mol. The number of thioether (sulfide) groups is 1. The van der Waals surface area contributed by atoms with Gasteiger partial charge in [-0.2, -0.15) is 11.8 Å². The Bertz CT molecular complexity index is 1400. The fourth-order valence-corrected chi connectivity index (χ4v) is 5.25. The van der Waals surface area contributed by atoms with Crippen molar-refractivity contribution in [3.63, 3.8) is 0 Å². The van der Waals surface area contributed by atoms with Gasteiger partial charge >= 0.3 is 5.97 Å². The van der Waals surface area contributed by atoms with Crippen molar-refractivity contribution in [3.05, 3.63) is 65.9 Å². The van der Waals surface area contributed by atoms with Gasteiger partial charge in [0.05, 0.1) is 6.04 Å². The van der Waals surface area contributed by atoms with Crippen LogP contribution >= 0.6 is 11.8 Å². The van der Waals surface area contributed by atoms with Gasteiger partial charge in [0, 0.05) is 29.9 Å². The summed E-state index contributed by atoms with van der Waals surface area (Å²) in [6.07, 6.45) is 5.52. The third-order valence-corrected chi connectivity index (χ3v) is 7.92. The zero-order valence-electron chi connectivity index (χ0n) is 24.8. The SMILES string of the molecule is CSCCC(N)C(=O)NC(CCCCN)C(=O)NC(Cc1ccc(O)cc1)C(=O)NC(Cc1c[nH]c2ccccc12)C(=O)O. The van der Waals surface area contributed by atoms with Crippen LogP contribution in [-0.4, -0.2) is 81.6 Å². The number of phenols is 1. The van der Waals surface area contributed by atoms with Gasteiger partial charge in [0.25, 0.3) is 0 Å². The van der Waals surface area contributed by atoms with Crippen LogP contribution in [0.3, 0.4) is 0 Å². The number of nitrogens with one attached hydrogen (secondary N) is 4. The number of aromatic nitrogens is 1. The maximum atomic E-state index is 13.6. The molecule has 4 unspecified atom stereocenters. The number of carboxylic acid groups (broad SMARTS) is 1. The van der Waals surface area contributed by atoms with E-state index in [9.17, 15) is 29.4 Å². The average molecular weight is 627 g/mol. The van der Waals surface area contributed by atoms with Crippen LogP contribution in [-0.2, 0) is 32.0 Å². The number of H-pyrrole nitrogens is 1. The lowest BCUT2D eigenvalue weighted by atomic mass is 10.0. The number of rotatable bonds is 18. The van der Waals surface area contributed by atoms with Crippen molar-refractivity contribution >= 4 is 46.4 Å². The number of fused-ring (bicyclic) bond motifs is 1. The molecule has 10 N–H and O–H groups in total. The Kier molecular flexibility index (Phi) is 13.5. The Morgan fingerprint density at radius 2 is 1.52 bits per heavy atom. The standard InChI is InChI=1S/C31H42N6O6S/c1-44-15-13-23(33)28(39)35-25(8-4-5-14-32)29(40)36-26(16-19-9-11-21(38)12-10-19)30(41)37-27(31(42)43)17-20-18-34-24-7-3-2-6-22(20)24/h2-3,6-7,9-12,18,23,25-27,34,38H,4-5,8,13-17,32-33H2,1H3,(H,35,39)(H,36,40)(H,37,41)(H,42,43). The maximum absolute atomic E-state index is 13.6. The van der Waals surface area contributed by atoms with Crippen LogP contribution in [0, 0.1) is 0 Å².